The molecule has 1 radical (unpaired) electrons. The van der Waals surface area contributed by atoms with E-state index in [1.807, 2.05) is 24.8 Å². The zero-order valence-electron chi connectivity index (χ0n) is 9.19. The first-order valence-corrected chi connectivity index (χ1v) is 5.95. The van der Waals surface area contributed by atoms with Crippen molar-refractivity contribution in [2.75, 3.05) is 6.61 Å². The maximum absolute atomic E-state index is 5.63. The Morgan fingerprint density at radius 3 is 2.53 bits per heavy atom. The second kappa shape index (κ2) is 5.92. The monoisotopic (exact) mass is 203 g/mol. The van der Waals surface area contributed by atoms with Gasteiger partial charge in [0.2, 0.25) is 0 Å². The molecule has 1 fully saturated rings. The van der Waals surface area contributed by atoms with Crippen LogP contribution in [0.4, 0.5) is 0 Å². The third-order valence-corrected chi connectivity index (χ3v) is 3.08. The highest BCUT2D eigenvalue weighted by molar-refractivity contribution is 5.19. The van der Waals surface area contributed by atoms with Crippen LogP contribution in [-0.4, -0.2) is 6.61 Å². The van der Waals surface area contributed by atoms with E-state index in [0.29, 0.717) is 0 Å². The molecule has 15 heavy (non-hydrogen) atoms. The summed E-state index contributed by atoms with van der Waals surface area (Å²) >= 11 is 0. The summed E-state index contributed by atoms with van der Waals surface area (Å²) in [6.07, 6.45) is 6.89. The van der Waals surface area contributed by atoms with Crippen molar-refractivity contribution in [2.45, 2.75) is 32.1 Å². The van der Waals surface area contributed by atoms with E-state index in [1.165, 1.54) is 32.1 Å². The fraction of sp³-hybridized carbons (Fsp3) is 0.500. The Labute approximate surface area is 92.5 Å². The number of ether oxygens (including phenoxy) is 1. The van der Waals surface area contributed by atoms with Crippen molar-refractivity contribution in [1.29, 1.82) is 0 Å². The van der Waals surface area contributed by atoms with Crippen molar-refractivity contribution in [3.8, 4) is 0 Å². The molecular weight excluding hydrogens is 184 g/mol. The van der Waals surface area contributed by atoms with Crippen molar-refractivity contribution in [2.24, 2.45) is 5.92 Å². The third kappa shape index (κ3) is 3.67. The highest BCUT2D eigenvalue weighted by atomic mass is 16.5. The van der Waals surface area contributed by atoms with Crippen LogP contribution >= 0.6 is 0 Å². The predicted molar refractivity (Wildman–Crippen MR) is 62.4 cm³/mol. The molecule has 2 rings (SSSR count). The topological polar surface area (TPSA) is 9.23 Å². The van der Waals surface area contributed by atoms with Crippen molar-refractivity contribution in [1.82, 2.24) is 0 Å². The van der Waals surface area contributed by atoms with Crippen LogP contribution in [0.3, 0.4) is 0 Å². The van der Waals surface area contributed by atoms with Crippen LogP contribution in [0.15, 0.2) is 30.3 Å². The number of benzene rings is 1. The molecule has 0 N–H and O–H groups in total. The fourth-order valence-electron chi connectivity index (χ4n) is 2.17. The lowest BCUT2D eigenvalue weighted by Gasteiger charge is -2.21. The molecule has 0 heterocycles. The van der Waals surface area contributed by atoms with Crippen LogP contribution in [0.2, 0.25) is 0 Å². The molecule has 1 nitrogen and oxygen atoms in total. The summed E-state index contributed by atoms with van der Waals surface area (Å²) in [4.78, 5) is 0. The Morgan fingerprint density at radius 1 is 1.07 bits per heavy atom. The highest BCUT2D eigenvalue weighted by Gasteiger charge is 2.13. The number of hydrogen-bond acceptors (Lipinski definition) is 1. The first-order chi connectivity index (χ1) is 7.45. The summed E-state index contributed by atoms with van der Waals surface area (Å²) in [5.74, 6) is 0.790. The molecule has 0 aliphatic heterocycles. The summed E-state index contributed by atoms with van der Waals surface area (Å²) < 4.78 is 5.63. The van der Waals surface area contributed by atoms with E-state index in [-0.39, 0.29) is 0 Å². The maximum Gasteiger partial charge on any atom is 0.113 e. The van der Waals surface area contributed by atoms with E-state index < -0.39 is 0 Å². The SMILES string of the molecule is [CH](OCC1CCCCC1)c1ccccc1. The Bertz CT molecular complexity index is 262. The smallest absolute Gasteiger partial charge is 0.113 e. The van der Waals surface area contributed by atoms with E-state index in [2.05, 4.69) is 12.1 Å². The molecule has 1 aliphatic carbocycles. The molecule has 81 valence electrons. The largest absolute Gasteiger partial charge is 0.370 e. The molecule has 0 amide bonds. The molecule has 0 aromatic heterocycles. The van der Waals surface area contributed by atoms with Gasteiger partial charge in [0.05, 0.1) is 6.61 Å². The van der Waals surface area contributed by atoms with E-state index in [1.54, 1.807) is 0 Å². The van der Waals surface area contributed by atoms with E-state index >= 15 is 0 Å². The molecule has 0 spiro atoms. The van der Waals surface area contributed by atoms with Crippen molar-refractivity contribution in [3.05, 3.63) is 42.5 Å². The lowest BCUT2D eigenvalue weighted by Crippen LogP contribution is -2.12. The number of hydrogen-bond donors (Lipinski definition) is 0. The highest BCUT2D eigenvalue weighted by Crippen LogP contribution is 2.24. The Balaban J connectivity index is 1.66. The Morgan fingerprint density at radius 2 is 1.80 bits per heavy atom. The minimum Gasteiger partial charge on any atom is -0.370 e. The fourth-order valence-corrected chi connectivity index (χ4v) is 2.17. The van der Waals surface area contributed by atoms with Gasteiger partial charge >= 0.3 is 0 Å². The molecule has 1 aliphatic rings. The molecule has 1 aromatic rings. The minimum absolute atomic E-state index is 0.790. The number of rotatable bonds is 4. The van der Waals surface area contributed by atoms with Gasteiger partial charge in [-0.05, 0) is 24.3 Å². The van der Waals surface area contributed by atoms with Crippen LogP contribution < -0.4 is 0 Å². The van der Waals surface area contributed by atoms with Gasteiger partial charge in [-0.2, -0.15) is 0 Å². The zero-order chi connectivity index (χ0) is 10.3. The molecule has 1 saturated carbocycles. The molecule has 0 unspecified atom stereocenters. The standard InChI is InChI=1S/C14H19O/c1-3-7-13(8-4-1)11-15-12-14-9-5-2-6-10-14/h1,3-4,7-8,11,14H,2,5-6,9-10,12H2. The van der Waals surface area contributed by atoms with Crippen LogP contribution in [0.1, 0.15) is 37.7 Å². The van der Waals surface area contributed by atoms with Gasteiger partial charge in [0.1, 0.15) is 6.61 Å². The summed E-state index contributed by atoms with van der Waals surface area (Å²) in [7, 11) is 0. The molecule has 1 heteroatoms. The average Bonchev–Trinajstić information content (AvgIpc) is 2.32. The van der Waals surface area contributed by atoms with Crippen molar-refractivity contribution < 1.29 is 4.74 Å². The quantitative estimate of drug-likeness (QED) is 0.723. The van der Waals surface area contributed by atoms with Crippen LogP contribution in [0, 0.1) is 12.5 Å². The second-order valence-electron chi connectivity index (χ2n) is 4.37. The maximum atomic E-state index is 5.63. The Hall–Kier alpha value is -0.820. The van der Waals surface area contributed by atoms with Crippen molar-refractivity contribution in [3.63, 3.8) is 0 Å². The molecule has 0 bridgehead atoms. The summed E-state index contributed by atoms with van der Waals surface area (Å²) in [5.41, 5.74) is 1.16. The van der Waals surface area contributed by atoms with E-state index in [0.717, 1.165) is 18.1 Å². The molecule has 0 saturated heterocycles. The predicted octanol–water partition coefficient (Wildman–Crippen LogP) is 3.79. The minimum atomic E-state index is 0.790. The van der Waals surface area contributed by atoms with Gasteiger partial charge in [0.15, 0.2) is 0 Å². The Kier molecular flexibility index (Phi) is 4.22. The summed E-state index contributed by atoms with van der Waals surface area (Å²) in [6, 6.07) is 10.2. The van der Waals surface area contributed by atoms with Gasteiger partial charge in [-0.15, -0.1) is 0 Å². The first kappa shape index (κ1) is 10.7. The van der Waals surface area contributed by atoms with Crippen LogP contribution in [-0.2, 0) is 4.74 Å². The third-order valence-electron chi connectivity index (χ3n) is 3.08. The van der Waals surface area contributed by atoms with Gasteiger partial charge in [-0.3, -0.25) is 0 Å². The van der Waals surface area contributed by atoms with E-state index in [9.17, 15) is 0 Å². The van der Waals surface area contributed by atoms with Gasteiger partial charge < -0.3 is 4.74 Å². The second-order valence-corrected chi connectivity index (χ2v) is 4.37. The lowest BCUT2D eigenvalue weighted by molar-refractivity contribution is 0.141. The molecular formula is C14H19O. The van der Waals surface area contributed by atoms with E-state index in [4.69, 9.17) is 4.74 Å². The van der Waals surface area contributed by atoms with Gasteiger partial charge in [0, 0.05) is 0 Å². The van der Waals surface area contributed by atoms with Gasteiger partial charge in [0.25, 0.3) is 0 Å². The average molecular weight is 203 g/mol. The zero-order valence-corrected chi connectivity index (χ0v) is 9.19. The molecule has 0 atom stereocenters. The van der Waals surface area contributed by atoms with Crippen LogP contribution in [0.5, 0.6) is 0 Å². The van der Waals surface area contributed by atoms with Gasteiger partial charge in [-0.25, -0.2) is 0 Å². The first-order valence-electron chi connectivity index (χ1n) is 5.95. The van der Waals surface area contributed by atoms with Gasteiger partial charge in [-0.1, -0.05) is 49.6 Å². The summed E-state index contributed by atoms with van der Waals surface area (Å²) in [5, 5.41) is 0. The van der Waals surface area contributed by atoms with Crippen molar-refractivity contribution >= 4 is 0 Å². The summed E-state index contributed by atoms with van der Waals surface area (Å²) in [6.45, 7) is 2.78. The van der Waals surface area contributed by atoms with Crippen LogP contribution in [0.25, 0.3) is 0 Å². The normalized spacial score (nSPS) is 17.9. The lowest BCUT2D eigenvalue weighted by atomic mass is 9.90. The molecule has 1 aromatic carbocycles.